The lowest BCUT2D eigenvalue weighted by Gasteiger charge is -2.19. The van der Waals surface area contributed by atoms with Crippen LogP contribution >= 0.6 is 0 Å². The number of likely N-dealkylation sites (tertiary alicyclic amines) is 1. The normalized spacial score (nSPS) is 16.9. The first-order chi connectivity index (χ1) is 9.88. The molecule has 20 heavy (non-hydrogen) atoms. The molecule has 3 heteroatoms. The summed E-state index contributed by atoms with van der Waals surface area (Å²) in [7, 11) is 0. The molecule has 1 aliphatic rings. The van der Waals surface area contributed by atoms with Gasteiger partial charge in [-0.15, -0.1) is 6.42 Å². The lowest BCUT2D eigenvalue weighted by molar-refractivity contribution is 0.267. The average Bonchev–Trinajstić information content (AvgIpc) is 2.64. The Labute approximate surface area is 120 Å². The Kier molecular flexibility index (Phi) is 4.03. The van der Waals surface area contributed by atoms with E-state index in [4.69, 9.17) is 11.4 Å². The fraction of sp³-hybridized carbons (Fsp3) is 0.471. The maximum Gasteiger partial charge on any atom is 0.124 e. The second kappa shape index (κ2) is 6.11. The Morgan fingerprint density at radius 3 is 2.60 bits per heavy atom. The Morgan fingerprint density at radius 1 is 1.10 bits per heavy atom. The first-order valence-electron chi connectivity index (χ1n) is 7.48. The Bertz CT molecular complexity index is 613. The van der Waals surface area contributed by atoms with Gasteiger partial charge in [-0.25, -0.2) is 4.98 Å². The Morgan fingerprint density at radius 2 is 1.85 bits per heavy atom. The number of fused-ring (bicyclic) bond motifs is 1. The second-order valence-corrected chi connectivity index (χ2v) is 5.50. The molecular formula is C17H21N3. The zero-order valence-corrected chi connectivity index (χ0v) is 11.9. The third-order valence-electron chi connectivity index (χ3n) is 4.05. The van der Waals surface area contributed by atoms with Gasteiger partial charge in [0.25, 0.3) is 0 Å². The van der Waals surface area contributed by atoms with Crippen LogP contribution in [0.15, 0.2) is 24.3 Å². The first-order valence-corrected chi connectivity index (χ1v) is 7.48. The van der Waals surface area contributed by atoms with Crippen LogP contribution in [0.1, 0.15) is 31.5 Å². The van der Waals surface area contributed by atoms with Crippen molar-refractivity contribution in [1.29, 1.82) is 0 Å². The van der Waals surface area contributed by atoms with Gasteiger partial charge < -0.3 is 4.57 Å². The van der Waals surface area contributed by atoms with Gasteiger partial charge in [0, 0.05) is 0 Å². The summed E-state index contributed by atoms with van der Waals surface area (Å²) in [4.78, 5) is 7.30. The van der Waals surface area contributed by atoms with Crippen LogP contribution in [0.3, 0.4) is 0 Å². The fourth-order valence-electron chi connectivity index (χ4n) is 3.01. The van der Waals surface area contributed by atoms with Crippen molar-refractivity contribution in [3.8, 4) is 12.3 Å². The van der Waals surface area contributed by atoms with Crippen LogP contribution in [0, 0.1) is 12.3 Å². The summed E-state index contributed by atoms with van der Waals surface area (Å²) >= 11 is 0. The molecule has 3 nitrogen and oxygen atoms in total. The van der Waals surface area contributed by atoms with Gasteiger partial charge in [0.15, 0.2) is 0 Å². The number of aromatic nitrogens is 2. The summed E-state index contributed by atoms with van der Waals surface area (Å²) in [5.74, 6) is 3.86. The van der Waals surface area contributed by atoms with Crippen LogP contribution in [0.2, 0.25) is 0 Å². The van der Waals surface area contributed by atoms with E-state index in [1.807, 2.05) is 12.1 Å². The molecule has 0 aliphatic carbocycles. The highest BCUT2D eigenvalue weighted by atomic mass is 15.2. The molecule has 0 spiro atoms. The quantitative estimate of drug-likeness (QED) is 0.797. The van der Waals surface area contributed by atoms with Gasteiger partial charge in [0.2, 0.25) is 0 Å². The maximum atomic E-state index is 5.53. The predicted octanol–water partition coefficient (Wildman–Crippen LogP) is 3.05. The molecule has 0 bridgehead atoms. The summed E-state index contributed by atoms with van der Waals surface area (Å²) in [6.45, 7) is 3.87. The topological polar surface area (TPSA) is 21.1 Å². The van der Waals surface area contributed by atoms with E-state index >= 15 is 0 Å². The van der Waals surface area contributed by atoms with Crippen LogP contribution in [0.4, 0.5) is 0 Å². The van der Waals surface area contributed by atoms with Crippen molar-refractivity contribution in [3.05, 3.63) is 30.1 Å². The minimum atomic E-state index is 0.601. The summed E-state index contributed by atoms with van der Waals surface area (Å²) < 4.78 is 2.18. The average molecular weight is 267 g/mol. The lowest BCUT2D eigenvalue weighted by Crippen LogP contribution is -2.25. The van der Waals surface area contributed by atoms with Gasteiger partial charge in [-0.2, -0.15) is 0 Å². The van der Waals surface area contributed by atoms with E-state index in [9.17, 15) is 0 Å². The third kappa shape index (κ3) is 2.71. The molecule has 1 fully saturated rings. The van der Waals surface area contributed by atoms with Gasteiger partial charge >= 0.3 is 0 Å². The van der Waals surface area contributed by atoms with Crippen LogP contribution in [0.5, 0.6) is 0 Å². The standard InChI is InChI=1S/C17H21N3/c1-2-11-20-16-10-6-5-9-15(16)18-17(20)14-19-12-7-3-4-8-13-19/h1,5-6,9-10H,3-4,7-8,11-14H2. The van der Waals surface area contributed by atoms with Gasteiger partial charge in [-0.05, 0) is 38.1 Å². The number of benzene rings is 1. The summed E-state index contributed by atoms with van der Waals surface area (Å²) in [6, 6.07) is 8.25. The third-order valence-corrected chi connectivity index (χ3v) is 4.05. The maximum absolute atomic E-state index is 5.53. The van der Waals surface area contributed by atoms with Crippen LogP contribution in [0.25, 0.3) is 11.0 Å². The Balaban J connectivity index is 1.89. The second-order valence-electron chi connectivity index (χ2n) is 5.50. The van der Waals surface area contributed by atoms with E-state index in [2.05, 4.69) is 27.5 Å². The number of rotatable bonds is 3. The molecule has 2 heterocycles. The van der Waals surface area contributed by atoms with E-state index in [0.29, 0.717) is 6.54 Å². The number of para-hydroxylation sites is 2. The zero-order chi connectivity index (χ0) is 13.8. The first kappa shape index (κ1) is 13.2. The summed E-state index contributed by atoms with van der Waals surface area (Å²) in [5, 5.41) is 0. The molecule has 3 rings (SSSR count). The number of nitrogens with zero attached hydrogens (tertiary/aromatic N) is 3. The molecule has 2 aromatic rings. The molecule has 0 N–H and O–H groups in total. The highest BCUT2D eigenvalue weighted by Crippen LogP contribution is 2.18. The smallest absolute Gasteiger partial charge is 0.124 e. The van der Waals surface area contributed by atoms with Crippen LogP contribution in [-0.4, -0.2) is 27.5 Å². The SMILES string of the molecule is C#CCn1c(CN2CCCCCC2)nc2ccccc21. The minimum Gasteiger partial charge on any atom is -0.315 e. The number of imidazole rings is 1. The van der Waals surface area contributed by atoms with Crippen LogP contribution in [-0.2, 0) is 13.1 Å². The molecule has 0 amide bonds. The summed E-state index contributed by atoms with van der Waals surface area (Å²) in [6.07, 6.45) is 10.8. The molecule has 1 aliphatic heterocycles. The van der Waals surface area contributed by atoms with Gasteiger partial charge in [-0.1, -0.05) is 30.9 Å². The van der Waals surface area contributed by atoms with E-state index in [0.717, 1.165) is 23.4 Å². The van der Waals surface area contributed by atoms with Gasteiger partial charge in [-0.3, -0.25) is 4.90 Å². The van der Waals surface area contributed by atoms with Crippen molar-refractivity contribution in [1.82, 2.24) is 14.5 Å². The molecule has 104 valence electrons. The molecule has 0 unspecified atom stereocenters. The van der Waals surface area contributed by atoms with Crippen molar-refractivity contribution in [2.24, 2.45) is 0 Å². The highest BCUT2D eigenvalue weighted by Gasteiger charge is 2.15. The van der Waals surface area contributed by atoms with Crippen molar-refractivity contribution in [2.75, 3.05) is 13.1 Å². The van der Waals surface area contributed by atoms with Gasteiger partial charge in [0.1, 0.15) is 5.82 Å². The largest absolute Gasteiger partial charge is 0.315 e. The monoisotopic (exact) mass is 267 g/mol. The minimum absolute atomic E-state index is 0.601. The van der Waals surface area contributed by atoms with E-state index in [1.54, 1.807) is 0 Å². The molecule has 1 saturated heterocycles. The van der Waals surface area contributed by atoms with E-state index < -0.39 is 0 Å². The number of terminal acetylenes is 1. The van der Waals surface area contributed by atoms with E-state index in [1.165, 1.54) is 38.8 Å². The van der Waals surface area contributed by atoms with Crippen molar-refractivity contribution >= 4 is 11.0 Å². The molecule has 0 radical (unpaired) electrons. The van der Waals surface area contributed by atoms with Crippen molar-refractivity contribution in [3.63, 3.8) is 0 Å². The lowest BCUT2D eigenvalue weighted by atomic mass is 10.2. The molecule has 1 aromatic heterocycles. The molecule has 1 aromatic carbocycles. The van der Waals surface area contributed by atoms with Crippen molar-refractivity contribution < 1.29 is 0 Å². The number of hydrogen-bond donors (Lipinski definition) is 0. The molecule has 0 atom stereocenters. The zero-order valence-electron chi connectivity index (χ0n) is 11.9. The highest BCUT2D eigenvalue weighted by molar-refractivity contribution is 5.76. The number of hydrogen-bond acceptors (Lipinski definition) is 2. The van der Waals surface area contributed by atoms with Crippen molar-refractivity contribution in [2.45, 2.75) is 38.8 Å². The molecule has 0 saturated carbocycles. The summed E-state index contributed by atoms with van der Waals surface area (Å²) in [5.41, 5.74) is 2.20. The van der Waals surface area contributed by atoms with Gasteiger partial charge in [0.05, 0.1) is 24.1 Å². The Hall–Kier alpha value is -1.79. The predicted molar refractivity (Wildman–Crippen MR) is 82.3 cm³/mol. The van der Waals surface area contributed by atoms with Crippen LogP contribution < -0.4 is 0 Å². The van der Waals surface area contributed by atoms with E-state index in [-0.39, 0.29) is 0 Å². The molecular weight excluding hydrogens is 246 g/mol. The fourth-order valence-corrected chi connectivity index (χ4v) is 3.01.